The molecule has 0 aliphatic carbocycles. The maximum Gasteiger partial charge on any atom is 0.0960 e. The highest BCUT2D eigenvalue weighted by Gasteiger charge is 1.97. The molecule has 1 rings (SSSR count). The molecule has 11 heavy (non-hydrogen) atoms. The largest absolute Gasteiger partial charge is 0.250 e. The van der Waals surface area contributed by atoms with Gasteiger partial charge in [-0.1, -0.05) is 6.92 Å². The zero-order chi connectivity index (χ0) is 8.27. The molecule has 0 amide bonds. The van der Waals surface area contributed by atoms with Gasteiger partial charge in [0.15, 0.2) is 0 Å². The first-order valence-electron chi connectivity index (χ1n) is 3.77. The van der Waals surface area contributed by atoms with E-state index in [-0.39, 0.29) is 0 Å². The van der Waals surface area contributed by atoms with Gasteiger partial charge in [-0.25, -0.2) is 4.98 Å². The molecular weight excluding hydrogens is 154 g/mol. The maximum atomic E-state index is 4.27. The normalized spacial score (nSPS) is 10.1. The molecule has 1 nitrogen and oxygen atoms in total. The van der Waals surface area contributed by atoms with Crippen LogP contribution in [0.25, 0.3) is 0 Å². The van der Waals surface area contributed by atoms with Crippen LogP contribution in [0.4, 0.5) is 0 Å². The van der Waals surface area contributed by atoms with E-state index < -0.39 is 0 Å². The lowest BCUT2D eigenvalue weighted by Crippen LogP contribution is -1.89. The van der Waals surface area contributed by atoms with Crippen molar-refractivity contribution in [3.63, 3.8) is 0 Å². The lowest BCUT2D eigenvalue weighted by Gasteiger charge is -2.02. The molecule has 1 aromatic rings. The SMILES string of the molecule is CCc1cc(SC)ncc1C. The van der Waals surface area contributed by atoms with Gasteiger partial charge in [-0.15, -0.1) is 11.8 Å². The number of hydrogen-bond acceptors (Lipinski definition) is 2. The number of rotatable bonds is 2. The van der Waals surface area contributed by atoms with E-state index >= 15 is 0 Å². The van der Waals surface area contributed by atoms with Crippen molar-refractivity contribution in [2.24, 2.45) is 0 Å². The van der Waals surface area contributed by atoms with Crippen LogP contribution in [0.2, 0.25) is 0 Å². The van der Waals surface area contributed by atoms with Crippen LogP contribution in [0.5, 0.6) is 0 Å². The standard InChI is InChI=1S/C9H13NS/c1-4-8-5-9(11-3)10-6-7(8)2/h5-6H,4H2,1-3H3. The van der Waals surface area contributed by atoms with Crippen molar-refractivity contribution in [2.45, 2.75) is 25.3 Å². The molecular formula is C9H13NS. The van der Waals surface area contributed by atoms with Crippen LogP contribution in [0, 0.1) is 6.92 Å². The number of nitrogens with zero attached hydrogens (tertiary/aromatic N) is 1. The van der Waals surface area contributed by atoms with Crippen LogP contribution in [0.15, 0.2) is 17.3 Å². The van der Waals surface area contributed by atoms with Gasteiger partial charge in [-0.3, -0.25) is 0 Å². The van der Waals surface area contributed by atoms with Crippen molar-refractivity contribution in [1.82, 2.24) is 4.98 Å². The molecule has 0 saturated carbocycles. The molecule has 0 atom stereocenters. The van der Waals surface area contributed by atoms with Crippen molar-refractivity contribution < 1.29 is 0 Å². The molecule has 0 aliphatic heterocycles. The third kappa shape index (κ3) is 1.96. The molecule has 60 valence electrons. The molecule has 1 heterocycles. The Morgan fingerprint density at radius 3 is 2.82 bits per heavy atom. The summed E-state index contributed by atoms with van der Waals surface area (Å²) in [4.78, 5) is 4.27. The van der Waals surface area contributed by atoms with E-state index in [1.165, 1.54) is 11.1 Å². The zero-order valence-corrected chi connectivity index (χ0v) is 8.03. The molecule has 0 bridgehead atoms. The Morgan fingerprint density at radius 1 is 1.55 bits per heavy atom. The topological polar surface area (TPSA) is 12.9 Å². The van der Waals surface area contributed by atoms with Gasteiger partial charge in [0, 0.05) is 6.20 Å². The van der Waals surface area contributed by atoms with Gasteiger partial charge in [0.05, 0.1) is 5.03 Å². The Bertz CT molecular complexity index is 245. The second-order valence-corrected chi connectivity index (χ2v) is 3.33. The average molecular weight is 167 g/mol. The van der Waals surface area contributed by atoms with Gasteiger partial charge in [0.2, 0.25) is 0 Å². The van der Waals surface area contributed by atoms with Crippen molar-refractivity contribution in [2.75, 3.05) is 6.26 Å². The number of aromatic nitrogens is 1. The second kappa shape index (κ2) is 3.77. The molecule has 0 N–H and O–H groups in total. The van der Waals surface area contributed by atoms with Crippen LogP contribution in [0.3, 0.4) is 0 Å². The Morgan fingerprint density at radius 2 is 2.27 bits per heavy atom. The van der Waals surface area contributed by atoms with Crippen LogP contribution in [-0.4, -0.2) is 11.2 Å². The fourth-order valence-corrected chi connectivity index (χ4v) is 1.45. The van der Waals surface area contributed by atoms with Gasteiger partial charge < -0.3 is 0 Å². The van der Waals surface area contributed by atoms with Gasteiger partial charge >= 0.3 is 0 Å². The summed E-state index contributed by atoms with van der Waals surface area (Å²) >= 11 is 1.70. The fraction of sp³-hybridized carbons (Fsp3) is 0.444. The summed E-state index contributed by atoms with van der Waals surface area (Å²) in [5.74, 6) is 0. The number of pyridine rings is 1. The minimum absolute atomic E-state index is 1.10. The summed E-state index contributed by atoms with van der Waals surface area (Å²) in [5.41, 5.74) is 2.70. The van der Waals surface area contributed by atoms with Gasteiger partial charge in [0.1, 0.15) is 0 Å². The molecule has 0 aliphatic rings. The van der Waals surface area contributed by atoms with Gasteiger partial charge in [-0.2, -0.15) is 0 Å². The number of hydrogen-bond donors (Lipinski definition) is 0. The Labute approximate surface area is 72.2 Å². The van der Waals surface area contributed by atoms with Crippen LogP contribution < -0.4 is 0 Å². The van der Waals surface area contributed by atoms with E-state index in [1.54, 1.807) is 11.8 Å². The first-order chi connectivity index (χ1) is 5.27. The smallest absolute Gasteiger partial charge is 0.0960 e. The van der Waals surface area contributed by atoms with E-state index in [0.717, 1.165) is 11.4 Å². The maximum absolute atomic E-state index is 4.27. The minimum atomic E-state index is 1.10. The highest BCUT2D eigenvalue weighted by molar-refractivity contribution is 7.98. The molecule has 0 saturated heterocycles. The Balaban J connectivity index is 3.02. The molecule has 2 heteroatoms. The lowest BCUT2D eigenvalue weighted by atomic mass is 10.1. The van der Waals surface area contributed by atoms with E-state index in [0.29, 0.717) is 0 Å². The lowest BCUT2D eigenvalue weighted by molar-refractivity contribution is 1.02. The molecule has 0 fully saturated rings. The molecule has 0 unspecified atom stereocenters. The monoisotopic (exact) mass is 167 g/mol. The summed E-state index contributed by atoms with van der Waals surface area (Å²) in [6, 6.07) is 2.17. The van der Waals surface area contributed by atoms with E-state index in [2.05, 4.69) is 31.2 Å². The molecule has 0 spiro atoms. The highest BCUT2D eigenvalue weighted by atomic mass is 32.2. The van der Waals surface area contributed by atoms with Crippen molar-refractivity contribution >= 4 is 11.8 Å². The summed E-state index contributed by atoms with van der Waals surface area (Å²) < 4.78 is 0. The van der Waals surface area contributed by atoms with Crippen LogP contribution >= 0.6 is 11.8 Å². The second-order valence-electron chi connectivity index (χ2n) is 2.51. The predicted octanol–water partition coefficient (Wildman–Crippen LogP) is 2.67. The molecule has 0 aromatic carbocycles. The third-order valence-corrected chi connectivity index (χ3v) is 2.42. The van der Waals surface area contributed by atoms with Crippen molar-refractivity contribution in [1.29, 1.82) is 0 Å². The fourth-order valence-electron chi connectivity index (χ4n) is 1.04. The van der Waals surface area contributed by atoms with Crippen LogP contribution in [-0.2, 0) is 6.42 Å². The first kappa shape index (κ1) is 8.60. The van der Waals surface area contributed by atoms with Crippen molar-refractivity contribution in [3.05, 3.63) is 23.4 Å². The summed E-state index contributed by atoms with van der Waals surface area (Å²) in [6.07, 6.45) is 5.10. The quantitative estimate of drug-likeness (QED) is 0.628. The number of thioether (sulfide) groups is 1. The summed E-state index contributed by atoms with van der Waals surface area (Å²) in [6.45, 7) is 4.28. The van der Waals surface area contributed by atoms with Crippen LogP contribution in [0.1, 0.15) is 18.1 Å². The predicted molar refractivity (Wildman–Crippen MR) is 50.1 cm³/mol. The first-order valence-corrected chi connectivity index (χ1v) is 5.00. The third-order valence-electron chi connectivity index (χ3n) is 1.78. The Hall–Kier alpha value is -0.500. The van der Waals surface area contributed by atoms with E-state index in [1.807, 2.05) is 6.20 Å². The van der Waals surface area contributed by atoms with Gasteiger partial charge in [0.25, 0.3) is 0 Å². The average Bonchev–Trinajstić information content (AvgIpc) is 2.05. The summed E-state index contributed by atoms with van der Waals surface area (Å²) in [7, 11) is 0. The van der Waals surface area contributed by atoms with E-state index in [4.69, 9.17) is 0 Å². The zero-order valence-electron chi connectivity index (χ0n) is 7.22. The minimum Gasteiger partial charge on any atom is -0.250 e. The molecule has 1 aromatic heterocycles. The molecule has 0 radical (unpaired) electrons. The van der Waals surface area contributed by atoms with Gasteiger partial charge in [-0.05, 0) is 36.8 Å². The Kier molecular flexibility index (Phi) is 2.94. The number of aryl methyl sites for hydroxylation is 2. The van der Waals surface area contributed by atoms with Crippen molar-refractivity contribution in [3.8, 4) is 0 Å². The van der Waals surface area contributed by atoms with E-state index in [9.17, 15) is 0 Å². The highest BCUT2D eigenvalue weighted by Crippen LogP contribution is 2.15. The summed E-state index contributed by atoms with van der Waals surface area (Å²) in [5, 5.41) is 1.12.